The van der Waals surface area contributed by atoms with Crippen molar-refractivity contribution in [1.29, 1.82) is 0 Å². The number of fused-ring (bicyclic) bond motifs is 6. The normalized spacial score (nSPS) is 11.5. The molecule has 0 saturated heterocycles. The number of hydrogen-bond acceptors (Lipinski definition) is 4. The minimum atomic E-state index is -0.386. The minimum Gasteiger partial charge on any atom is -0.461 e. The van der Waals surface area contributed by atoms with Gasteiger partial charge in [-0.2, -0.15) is 0 Å². The number of aromatic nitrogens is 2. The maximum Gasteiger partial charge on any atom is 0.355 e. The number of carbonyl (C=O) groups is 2. The number of aromatic amines is 2. The Morgan fingerprint density at radius 3 is 1.46 bits per heavy atom. The fourth-order valence-corrected chi connectivity index (χ4v) is 5.34. The summed E-state index contributed by atoms with van der Waals surface area (Å²) in [6.07, 6.45) is 0.452. The second-order valence-corrected chi connectivity index (χ2v) is 8.99. The van der Waals surface area contributed by atoms with E-state index in [1.807, 2.05) is 48.5 Å². The van der Waals surface area contributed by atoms with Gasteiger partial charge < -0.3 is 19.4 Å². The second kappa shape index (κ2) is 9.13. The molecule has 0 aliphatic rings. The fourth-order valence-electron chi connectivity index (χ4n) is 5.34. The molecule has 0 amide bonds. The molecule has 0 aliphatic carbocycles. The lowest BCUT2D eigenvalue weighted by Crippen LogP contribution is -2.06. The summed E-state index contributed by atoms with van der Waals surface area (Å²) in [6, 6.07) is 24.2. The summed E-state index contributed by atoms with van der Waals surface area (Å²) in [7, 11) is 0. The first-order valence-electron chi connectivity index (χ1n) is 12.5. The molecule has 0 fully saturated rings. The Morgan fingerprint density at radius 2 is 1.03 bits per heavy atom. The molecule has 2 N–H and O–H groups in total. The summed E-state index contributed by atoms with van der Waals surface area (Å²) in [5.74, 6) is -0.772. The standard InChI is InChI=1S/C31H26N2O4/c1-3-36-30(34)28-22-15-13-18-9-5-7-11-20(18)26(22)24(32-28)17-25-27-21-12-8-6-10-19(21)14-16-23(27)29(33-25)31(35)37-4-2/h5-16,32-33H,3-4,17H2,1-2H3. The molecule has 0 radical (unpaired) electrons. The van der Waals surface area contributed by atoms with Crippen molar-refractivity contribution in [1.82, 2.24) is 9.97 Å². The SMILES string of the molecule is CCOC(=O)c1[nH]c(Cc2[nH]c(C(=O)OCC)c3ccc4ccccc4c23)c2c1ccc1ccccc12. The molecule has 0 atom stereocenters. The number of ether oxygens (including phenoxy) is 2. The van der Waals surface area contributed by atoms with Gasteiger partial charge in [0, 0.05) is 39.4 Å². The molecule has 0 bridgehead atoms. The quantitative estimate of drug-likeness (QED) is 0.249. The molecule has 37 heavy (non-hydrogen) atoms. The minimum absolute atomic E-state index is 0.290. The van der Waals surface area contributed by atoms with Crippen LogP contribution in [-0.2, 0) is 15.9 Å². The van der Waals surface area contributed by atoms with Crippen LogP contribution in [0.15, 0.2) is 72.8 Å². The van der Waals surface area contributed by atoms with Crippen molar-refractivity contribution in [3.63, 3.8) is 0 Å². The van der Waals surface area contributed by atoms with Crippen LogP contribution in [0.1, 0.15) is 46.2 Å². The van der Waals surface area contributed by atoms with Gasteiger partial charge in [-0.05, 0) is 35.4 Å². The molecular formula is C31H26N2O4. The number of H-pyrrole nitrogens is 2. The van der Waals surface area contributed by atoms with Crippen molar-refractivity contribution in [2.24, 2.45) is 0 Å². The molecule has 6 nitrogen and oxygen atoms in total. The van der Waals surface area contributed by atoms with E-state index in [1.54, 1.807) is 13.8 Å². The number of benzene rings is 4. The Balaban J connectivity index is 1.62. The van der Waals surface area contributed by atoms with E-state index in [0.29, 0.717) is 31.0 Å². The van der Waals surface area contributed by atoms with E-state index in [-0.39, 0.29) is 11.9 Å². The highest BCUT2D eigenvalue weighted by Crippen LogP contribution is 2.36. The van der Waals surface area contributed by atoms with Crippen LogP contribution in [0.25, 0.3) is 43.1 Å². The molecule has 184 valence electrons. The molecule has 2 aromatic heterocycles. The van der Waals surface area contributed by atoms with Crippen LogP contribution >= 0.6 is 0 Å². The molecule has 0 saturated carbocycles. The van der Waals surface area contributed by atoms with E-state index in [4.69, 9.17) is 9.47 Å². The van der Waals surface area contributed by atoms with Gasteiger partial charge in [0.2, 0.25) is 0 Å². The molecule has 4 aromatic carbocycles. The summed E-state index contributed by atoms with van der Waals surface area (Å²) < 4.78 is 10.7. The smallest absolute Gasteiger partial charge is 0.355 e. The summed E-state index contributed by atoms with van der Waals surface area (Å²) in [5.41, 5.74) is 2.62. The second-order valence-electron chi connectivity index (χ2n) is 8.99. The highest BCUT2D eigenvalue weighted by atomic mass is 16.5. The van der Waals surface area contributed by atoms with Crippen LogP contribution in [0.4, 0.5) is 0 Å². The molecule has 6 aromatic rings. The van der Waals surface area contributed by atoms with Gasteiger partial charge in [-0.15, -0.1) is 0 Å². The Kier molecular flexibility index (Phi) is 5.64. The van der Waals surface area contributed by atoms with E-state index < -0.39 is 0 Å². The van der Waals surface area contributed by atoms with Crippen molar-refractivity contribution in [3.05, 3.63) is 95.6 Å². The lowest BCUT2D eigenvalue weighted by molar-refractivity contribution is 0.0513. The predicted molar refractivity (Wildman–Crippen MR) is 146 cm³/mol. The zero-order valence-electron chi connectivity index (χ0n) is 20.7. The van der Waals surface area contributed by atoms with Gasteiger partial charge in [0.1, 0.15) is 11.4 Å². The topological polar surface area (TPSA) is 84.2 Å². The maximum absolute atomic E-state index is 12.9. The lowest BCUT2D eigenvalue weighted by atomic mass is 9.98. The third-order valence-corrected chi connectivity index (χ3v) is 6.86. The Bertz CT molecular complexity index is 1690. The van der Waals surface area contributed by atoms with Crippen LogP contribution in [0.2, 0.25) is 0 Å². The average Bonchev–Trinajstić information content (AvgIpc) is 3.48. The number of carbonyl (C=O) groups excluding carboxylic acids is 2. The summed E-state index contributed by atoms with van der Waals surface area (Å²) >= 11 is 0. The van der Waals surface area contributed by atoms with Crippen molar-refractivity contribution in [2.75, 3.05) is 13.2 Å². The first kappa shape index (κ1) is 22.9. The third kappa shape index (κ3) is 3.73. The summed E-state index contributed by atoms with van der Waals surface area (Å²) in [4.78, 5) is 32.5. The molecular weight excluding hydrogens is 464 g/mol. The van der Waals surface area contributed by atoms with Crippen LogP contribution < -0.4 is 0 Å². The number of esters is 2. The van der Waals surface area contributed by atoms with Crippen molar-refractivity contribution >= 4 is 55.0 Å². The van der Waals surface area contributed by atoms with Crippen LogP contribution in [0, 0.1) is 0 Å². The zero-order valence-corrected chi connectivity index (χ0v) is 20.7. The van der Waals surface area contributed by atoms with Gasteiger partial charge >= 0.3 is 11.9 Å². The third-order valence-electron chi connectivity index (χ3n) is 6.86. The molecule has 2 heterocycles. The average molecular weight is 491 g/mol. The van der Waals surface area contributed by atoms with E-state index >= 15 is 0 Å². The van der Waals surface area contributed by atoms with Crippen molar-refractivity contribution < 1.29 is 19.1 Å². The van der Waals surface area contributed by atoms with E-state index in [0.717, 1.165) is 54.5 Å². The first-order chi connectivity index (χ1) is 18.1. The van der Waals surface area contributed by atoms with Crippen LogP contribution in [0.3, 0.4) is 0 Å². The Hall–Kier alpha value is -4.58. The monoisotopic (exact) mass is 490 g/mol. The Morgan fingerprint density at radius 1 is 0.595 bits per heavy atom. The van der Waals surface area contributed by atoms with Gasteiger partial charge in [0.25, 0.3) is 0 Å². The first-order valence-corrected chi connectivity index (χ1v) is 12.5. The van der Waals surface area contributed by atoms with Crippen LogP contribution in [-0.4, -0.2) is 35.1 Å². The van der Waals surface area contributed by atoms with E-state index in [9.17, 15) is 9.59 Å². The summed E-state index contributed by atoms with van der Waals surface area (Å²) in [5, 5.41) is 7.85. The van der Waals surface area contributed by atoms with Crippen LogP contribution in [0.5, 0.6) is 0 Å². The zero-order chi connectivity index (χ0) is 25.5. The maximum atomic E-state index is 12.9. The van der Waals surface area contributed by atoms with Gasteiger partial charge in [-0.3, -0.25) is 0 Å². The molecule has 6 rings (SSSR count). The van der Waals surface area contributed by atoms with E-state index in [1.165, 1.54) is 0 Å². The van der Waals surface area contributed by atoms with E-state index in [2.05, 4.69) is 34.2 Å². The highest BCUT2D eigenvalue weighted by molar-refractivity contribution is 6.17. The van der Waals surface area contributed by atoms with Gasteiger partial charge in [-0.1, -0.05) is 72.8 Å². The fraction of sp³-hybridized carbons (Fsp3) is 0.161. The van der Waals surface area contributed by atoms with Gasteiger partial charge in [0.05, 0.1) is 13.2 Å². The molecule has 0 unspecified atom stereocenters. The molecule has 0 aliphatic heterocycles. The molecule has 0 spiro atoms. The lowest BCUT2D eigenvalue weighted by Gasteiger charge is -2.05. The van der Waals surface area contributed by atoms with Gasteiger partial charge in [0.15, 0.2) is 0 Å². The van der Waals surface area contributed by atoms with Crippen molar-refractivity contribution in [2.45, 2.75) is 20.3 Å². The molecule has 6 heteroatoms. The van der Waals surface area contributed by atoms with Gasteiger partial charge in [-0.25, -0.2) is 9.59 Å². The largest absolute Gasteiger partial charge is 0.461 e. The number of hydrogen-bond donors (Lipinski definition) is 2. The number of nitrogens with one attached hydrogen (secondary N) is 2. The Labute approximate surface area is 213 Å². The predicted octanol–water partition coefficient (Wildman–Crippen LogP) is 6.90. The van der Waals surface area contributed by atoms with Crippen molar-refractivity contribution in [3.8, 4) is 0 Å². The number of rotatable bonds is 6. The summed E-state index contributed by atoms with van der Waals surface area (Å²) in [6.45, 7) is 4.18. The highest BCUT2D eigenvalue weighted by Gasteiger charge is 2.23.